The van der Waals surface area contributed by atoms with E-state index in [1.807, 2.05) is 6.92 Å². The van der Waals surface area contributed by atoms with Crippen molar-refractivity contribution in [2.24, 2.45) is 23.2 Å². The predicted octanol–water partition coefficient (Wildman–Crippen LogP) is 4.24. The highest BCUT2D eigenvalue weighted by atomic mass is 16.5. The Bertz CT molecular complexity index is 721. The Balaban J connectivity index is 1.33. The highest BCUT2D eigenvalue weighted by molar-refractivity contribution is 5.83. The SMILES string of the molecule is CCOc1cc2c(cc1CNC(=O)C13CC4CC(CC(C4)C1)C3)OC(C)C2. The van der Waals surface area contributed by atoms with Crippen LogP contribution in [0, 0.1) is 23.2 Å². The summed E-state index contributed by atoms with van der Waals surface area (Å²) in [5.41, 5.74) is 2.15. The smallest absolute Gasteiger partial charge is 0.226 e. The number of nitrogens with one attached hydrogen (secondary N) is 1. The van der Waals surface area contributed by atoms with E-state index >= 15 is 0 Å². The van der Waals surface area contributed by atoms with Crippen LogP contribution in [0.1, 0.15) is 63.5 Å². The zero-order valence-electron chi connectivity index (χ0n) is 16.6. The van der Waals surface area contributed by atoms with E-state index in [0.29, 0.717) is 13.2 Å². The number of amides is 1. The Hall–Kier alpha value is -1.71. The molecular formula is C23H31NO3. The van der Waals surface area contributed by atoms with E-state index < -0.39 is 0 Å². The van der Waals surface area contributed by atoms with Crippen LogP contribution in [0.3, 0.4) is 0 Å². The molecule has 4 nitrogen and oxygen atoms in total. The van der Waals surface area contributed by atoms with Crippen LogP contribution in [0.5, 0.6) is 11.5 Å². The summed E-state index contributed by atoms with van der Waals surface area (Å²) in [6.45, 7) is 5.26. The lowest BCUT2D eigenvalue weighted by Gasteiger charge is -2.55. The molecule has 0 spiro atoms. The lowest BCUT2D eigenvalue weighted by molar-refractivity contribution is -0.146. The van der Waals surface area contributed by atoms with Crippen molar-refractivity contribution in [2.45, 2.75) is 71.4 Å². The van der Waals surface area contributed by atoms with Crippen LogP contribution in [-0.2, 0) is 17.8 Å². The molecule has 146 valence electrons. The standard InChI is InChI=1S/C23H31NO3/c1-3-26-20-8-18-4-14(2)27-21(18)9-19(20)13-24-22(25)23-10-15-5-16(11-23)7-17(6-15)12-23/h8-9,14-17H,3-7,10-13H2,1-2H3,(H,24,25). The minimum absolute atomic E-state index is 0.0950. The topological polar surface area (TPSA) is 47.6 Å². The van der Waals surface area contributed by atoms with E-state index in [-0.39, 0.29) is 17.4 Å². The van der Waals surface area contributed by atoms with Crippen molar-refractivity contribution in [1.29, 1.82) is 0 Å². The molecule has 27 heavy (non-hydrogen) atoms. The zero-order chi connectivity index (χ0) is 18.6. The fraction of sp³-hybridized carbons (Fsp3) is 0.696. The number of hydrogen-bond donors (Lipinski definition) is 1. The molecule has 0 aromatic heterocycles. The average Bonchev–Trinajstić information content (AvgIpc) is 2.97. The second-order valence-corrected chi connectivity index (χ2v) is 9.51. The van der Waals surface area contributed by atoms with Crippen LogP contribution in [0.15, 0.2) is 12.1 Å². The molecule has 1 aliphatic heterocycles. The van der Waals surface area contributed by atoms with E-state index in [4.69, 9.17) is 9.47 Å². The minimum Gasteiger partial charge on any atom is -0.494 e. The number of carbonyl (C=O) groups excluding carboxylic acids is 1. The fourth-order valence-electron chi connectivity index (χ4n) is 6.66. The highest BCUT2D eigenvalue weighted by Crippen LogP contribution is 2.60. The number of carbonyl (C=O) groups is 1. The lowest BCUT2D eigenvalue weighted by atomic mass is 9.49. The maximum Gasteiger partial charge on any atom is 0.226 e. The van der Waals surface area contributed by atoms with E-state index in [9.17, 15) is 4.79 Å². The normalized spacial score (nSPS) is 35.6. The Morgan fingerprint density at radius 3 is 2.48 bits per heavy atom. The Kier molecular flexibility index (Phi) is 4.14. The summed E-state index contributed by atoms with van der Waals surface area (Å²) in [7, 11) is 0. The minimum atomic E-state index is -0.0950. The second kappa shape index (κ2) is 6.42. The maximum atomic E-state index is 13.2. The van der Waals surface area contributed by atoms with Crippen molar-refractivity contribution < 1.29 is 14.3 Å². The maximum absolute atomic E-state index is 13.2. The molecule has 4 bridgehead atoms. The van der Waals surface area contributed by atoms with Crippen LogP contribution in [0.2, 0.25) is 0 Å². The van der Waals surface area contributed by atoms with Crippen LogP contribution in [0.25, 0.3) is 0 Å². The Labute approximate surface area is 162 Å². The van der Waals surface area contributed by atoms with Gasteiger partial charge in [-0.2, -0.15) is 0 Å². The molecule has 4 saturated carbocycles. The number of hydrogen-bond acceptors (Lipinski definition) is 3. The average molecular weight is 370 g/mol. The van der Waals surface area contributed by atoms with Gasteiger partial charge in [0.15, 0.2) is 0 Å². The molecular weight excluding hydrogens is 338 g/mol. The van der Waals surface area contributed by atoms with Crippen LogP contribution < -0.4 is 14.8 Å². The fourth-order valence-corrected chi connectivity index (χ4v) is 6.66. The van der Waals surface area contributed by atoms with Gasteiger partial charge in [0.2, 0.25) is 5.91 Å². The van der Waals surface area contributed by atoms with Crippen molar-refractivity contribution in [1.82, 2.24) is 5.32 Å². The third-order valence-electron chi connectivity index (χ3n) is 7.34. The highest BCUT2D eigenvalue weighted by Gasteiger charge is 2.54. The third-order valence-corrected chi connectivity index (χ3v) is 7.34. The van der Waals surface area contributed by atoms with E-state index in [1.54, 1.807) is 0 Å². The zero-order valence-corrected chi connectivity index (χ0v) is 16.6. The summed E-state index contributed by atoms with van der Waals surface area (Å²) in [6, 6.07) is 4.18. The summed E-state index contributed by atoms with van der Waals surface area (Å²) >= 11 is 0. The van der Waals surface area contributed by atoms with Gasteiger partial charge in [-0.05, 0) is 82.3 Å². The van der Waals surface area contributed by atoms with Gasteiger partial charge in [0.05, 0.1) is 6.61 Å². The number of fused-ring (bicyclic) bond motifs is 1. The molecule has 4 aliphatic carbocycles. The van der Waals surface area contributed by atoms with E-state index in [0.717, 1.165) is 60.5 Å². The number of ether oxygens (including phenoxy) is 2. The van der Waals surface area contributed by atoms with Crippen molar-refractivity contribution in [3.8, 4) is 11.5 Å². The first-order chi connectivity index (χ1) is 13.0. The monoisotopic (exact) mass is 369 g/mol. The molecule has 1 atom stereocenters. The first-order valence-electron chi connectivity index (χ1n) is 10.8. The third kappa shape index (κ3) is 3.01. The van der Waals surface area contributed by atoms with Crippen molar-refractivity contribution >= 4 is 5.91 Å². The van der Waals surface area contributed by atoms with Gasteiger partial charge in [-0.1, -0.05) is 0 Å². The molecule has 0 saturated heterocycles. The van der Waals surface area contributed by atoms with Crippen LogP contribution in [0.4, 0.5) is 0 Å². The Morgan fingerprint density at radius 2 is 1.85 bits per heavy atom. The van der Waals surface area contributed by atoms with Crippen molar-refractivity contribution in [3.63, 3.8) is 0 Å². The van der Waals surface area contributed by atoms with Gasteiger partial charge in [0.25, 0.3) is 0 Å². The quantitative estimate of drug-likeness (QED) is 0.844. The second-order valence-electron chi connectivity index (χ2n) is 9.51. The molecule has 1 heterocycles. The van der Waals surface area contributed by atoms with Gasteiger partial charge in [-0.25, -0.2) is 0 Å². The van der Waals surface area contributed by atoms with E-state index in [2.05, 4.69) is 24.4 Å². The van der Waals surface area contributed by atoms with Gasteiger partial charge >= 0.3 is 0 Å². The molecule has 0 radical (unpaired) electrons. The molecule has 1 aromatic rings. The van der Waals surface area contributed by atoms with Crippen molar-refractivity contribution in [2.75, 3.05) is 6.61 Å². The molecule has 1 unspecified atom stereocenters. The van der Waals surface area contributed by atoms with Gasteiger partial charge in [-0.3, -0.25) is 4.79 Å². The van der Waals surface area contributed by atoms with Gasteiger partial charge in [-0.15, -0.1) is 0 Å². The molecule has 1 amide bonds. The Morgan fingerprint density at radius 1 is 1.19 bits per heavy atom. The summed E-state index contributed by atoms with van der Waals surface area (Å²) in [4.78, 5) is 13.2. The summed E-state index contributed by atoms with van der Waals surface area (Å²) in [5, 5.41) is 3.28. The molecule has 4 heteroatoms. The van der Waals surface area contributed by atoms with Crippen LogP contribution in [-0.4, -0.2) is 18.6 Å². The summed E-state index contributed by atoms with van der Waals surface area (Å²) < 4.78 is 11.8. The number of benzene rings is 1. The van der Waals surface area contributed by atoms with Crippen molar-refractivity contribution in [3.05, 3.63) is 23.3 Å². The van der Waals surface area contributed by atoms with Gasteiger partial charge < -0.3 is 14.8 Å². The molecule has 6 rings (SSSR count). The molecule has 4 fully saturated rings. The summed E-state index contributed by atoms with van der Waals surface area (Å²) in [5.74, 6) is 4.48. The predicted molar refractivity (Wildman–Crippen MR) is 104 cm³/mol. The van der Waals surface area contributed by atoms with Gasteiger partial charge in [0.1, 0.15) is 17.6 Å². The van der Waals surface area contributed by atoms with Gasteiger partial charge in [0, 0.05) is 29.5 Å². The molecule has 1 aromatic carbocycles. The summed E-state index contributed by atoms with van der Waals surface area (Å²) in [6.07, 6.45) is 8.54. The first-order valence-corrected chi connectivity index (χ1v) is 10.8. The lowest BCUT2D eigenvalue weighted by Crippen LogP contribution is -2.53. The van der Waals surface area contributed by atoms with Crippen LogP contribution >= 0.6 is 0 Å². The molecule has 1 N–H and O–H groups in total. The first kappa shape index (κ1) is 17.4. The largest absolute Gasteiger partial charge is 0.494 e. The molecule has 5 aliphatic rings. The van der Waals surface area contributed by atoms with E-state index in [1.165, 1.54) is 24.8 Å². The number of rotatable bonds is 5.